The van der Waals surface area contributed by atoms with E-state index in [9.17, 15) is 9.59 Å². The maximum atomic E-state index is 12.7. The van der Waals surface area contributed by atoms with Gasteiger partial charge in [0, 0.05) is 5.39 Å². The second-order valence-electron chi connectivity index (χ2n) is 5.19. The van der Waals surface area contributed by atoms with Gasteiger partial charge in [-0.15, -0.1) is 11.3 Å². The Morgan fingerprint density at radius 3 is 2.68 bits per heavy atom. The van der Waals surface area contributed by atoms with Crippen LogP contribution in [-0.2, 0) is 4.79 Å². The van der Waals surface area contributed by atoms with Crippen molar-refractivity contribution in [2.75, 3.05) is 0 Å². The lowest BCUT2D eigenvalue weighted by Gasteiger charge is -2.04. The highest BCUT2D eigenvalue weighted by molar-refractivity contribution is 7.12. The number of furan rings is 1. The first-order valence-electron chi connectivity index (χ1n) is 6.83. The summed E-state index contributed by atoms with van der Waals surface area (Å²) in [4.78, 5) is 24.5. The highest BCUT2D eigenvalue weighted by atomic mass is 32.1. The third-order valence-electron chi connectivity index (χ3n) is 3.68. The minimum atomic E-state index is -0.957. The molecule has 0 amide bonds. The van der Waals surface area contributed by atoms with Gasteiger partial charge in [-0.2, -0.15) is 0 Å². The molecule has 0 saturated heterocycles. The Balaban J connectivity index is 2.19. The monoisotopic (exact) mass is 314 g/mol. The first-order chi connectivity index (χ1) is 10.5. The van der Waals surface area contributed by atoms with E-state index in [0.717, 1.165) is 10.9 Å². The summed E-state index contributed by atoms with van der Waals surface area (Å²) in [5, 5.41) is 11.7. The van der Waals surface area contributed by atoms with Crippen LogP contribution in [0.15, 0.2) is 40.1 Å². The minimum Gasteiger partial charge on any atom is -0.481 e. The van der Waals surface area contributed by atoms with Crippen molar-refractivity contribution in [3.63, 3.8) is 0 Å². The fourth-order valence-electron chi connectivity index (χ4n) is 2.37. The van der Waals surface area contributed by atoms with Crippen LogP contribution in [0.4, 0.5) is 0 Å². The Morgan fingerprint density at radius 2 is 2.05 bits per heavy atom. The zero-order valence-corrected chi connectivity index (χ0v) is 12.9. The number of carbonyl (C=O) groups is 2. The van der Waals surface area contributed by atoms with E-state index in [1.54, 1.807) is 19.1 Å². The Morgan fingerprint density at radius 1 is 1.27 bits per heavy atom. The van der Waals surface area contributed by atoms with Crippen molar-refractivity contribution in [1.82, 2.24) is 0 Å². The van der Waals surface area contributed by atoms with E-state index in [2.05, 4.69) is 0 Å². The van der Waals surface area contributed by atoms with Gasteiger partial charge < -0.3 is 9.52 Å². The van der Waals surface area contributed by atoms with E-state index in [-0.39, 0.29) is 5.78 Å². The number of ketones is 1. The number of benzene rings is 1. The number of carbonyl (C=O) groups excluding carboxylic acids is 1. The van der Waals surface area contributed by atoms with Crippen LogP contribution in [0.1, 0.15) is 39.4 Å². The normalized spacial score (nSPS) is 12.5. The fraction of sp³-hybridized carbons (Fsp3) is 0.176. The first-order valence-corrected chi connectivity index (χ1v) is 7.71. The summed E-state index contributed by atoms with van der Waals surface area (Å²) in [5.74, 6) is -1.45. The average Bonchev–Trinajstić information content (AvgIpc) is 3.14. The Hall–Kier alpha value is -2.40. The van der Waals surface area contributed by atoms with E-state index in [4.69, 9.17) is 9.52 Å². The molecule has 3 aromatic rings. The molecule has 2 heterocycles. The highest BCUT2D eigenvalue weighted by Crippen LogP contribution is 2.31. The Labute approximate surface area is 131 Å². The van der Waals surface area contributed by atoms with Crippen LogP contribution in [-0.4, -0.2) is 16.9 Å². The molecule has 0 aliphatic carbocycles. The molecule has 0 radical (unpaired) electrons. The van der Waals surface area contributed by atoms with Crippen LogP contribution in [0.25, 0.3) is 11.0 Å². The molecule has 1 atom stereocenters. The number of hydrogen-bond acceptors (Lipinski definition) is 4. The molecule has 0 aliphatic heterocycles. The first kappa shape index (κ1) is 14.5. The topological polar surface area (TPSA) is 67.5 Å². The number of rotatable bonds is 4. The molecule has 112 valence electrons. The number of fused-ring (bicyclic) bond motifs is 1. The summed E-state index contributed by atoms with van der Waals surface area (Å²) in [6.45, 7) is 3.41. The lowest BCUT2D eigenvalue weighted by atomic mass is 10.0. The summed E-state index contributed by atoms with van der Waals surface area (Å²) in [5.41, 5.74) is 1.78. The third-order valence-corrected chi connectivity index (χ3v) is 4.55. The molecule has 1 aromatic carbocycles. The van der Waals surface area contributed by atoms with E-state index in [1.165, 1.54) is 11.3 Å². The van der Waals surface area contributed by atoms with Crippen LogP contribution in [0.2, 0.25) is 0 Å². The highest BCUT2D eigenvalue weighted by Gasteiger charge is 2.23. The predicted octanol–water partition coefficient (Wildman–Crippen LogP) is 4.22. The van der Waals surface area contributed by atoms with Crippen molar-refractivity contribution in [2.24, 2.45) is 0 Å². The van der Waals surface area contributed by atoms with E-state index in [1.807, 2.05) is 30.5 Å². The summed E-state index contributed by atoms with van der Waals surface area (Å²) in [6, 6.07) is 8.99. The molecule has 3 rings (SSSR count). The SMILES string of the molecule is Cc1ccc2cc(C(C)C(=O)O)oc2c1C(=O)c1cccs1. The lowest BCUT2D eigenvalue weighted by molar-refractivity contribution is -0.138. The van der Waals surface area contributed by atoms with Crippen LogP contribution >= 0.6 is 11.3 Å². The van der Waals surface area contributed by atoms with Crippen LogP contribution < -0.4 is 0 Å². The van der Waals surface area contributed by atoms with Crippen molar-refractivity contribution < 1.29 is 19.1 Å². The van der Waals surface area contributed by atoms with Gasteiger partial charge in [-0.05, 0) is 36.9 Å². The summed E-state index contributed by atoms with van der Waals surface area (Å²) in [6.07, 6.45) is 0. The summed E-state index contributed by atoms with van der Waals surface area (Å²) in [7, 11) is 0. The van der Waals surface area contributed by atoms with E-state index in [0.29, 0.717) is 21.8 Å². The molecular weight excluding hydrogens is 300 g/mol. The zero-order chi connectivity index (χ0) is 15.9. The van der Waals surface area contributed by atoms with Crippen molar-refractivity contribution >= 4 is 34.1 Å². The van der Waals surface area contributed by atoms with Crippen molar-refractivity contribution in [3.8, 4) is 0 Å². The third kappa shape index (κ3) is 2.33. The summed E-state index contributed by atoms with van der Waals surface area (Å²) >= 11 is 1.38. The van der Waals surface area contributed by atoms with E-state index < -0.39 is 11.9 Å². The van der Waals surface area contributed by atoms with E-state index >= 15 is 0 Å². The quantitative estimate of drug-likeness (QED) is 0.732. The largest absolute Gasteiger partial charge is 0.481 e. The number of carboxylic acids is 1. The van der Waals surface area contributed by atoms with Crippen LogP contribution in [0, 0.1) is 6.92 Å². The zero-order valence-electron chi connectivity index (χ0n) is 12.1. The number of thiophene rings is 1. The number of hydrogen-bond donors (Lipinski definition) is 1. The Bertz CT molecular complexity index is 858. The van der Waals surface area contributed by atoms with Gasteiger partial charge in [0.2, 0.25) is 5.78 Å². The standard InChI is InChI=1S/C17H14O4S/c1-9-5-6-11-8-12(10(2)17(19)20)21-16(11)14(9)15(18)13-4-3-7-22-13/h3-8,10H,1-2H3,(H,19,20). The lowest BCUT2D eigenvalue weighted by Crippen LogP contribution is -2.06. The van der Waals surface area contributed by atoms with Gasteiger partial charge in [-0.25, -0.2) is 0 Å². The summed E-state index contributed by atoms with van der Waals surface area (Å²) < 4.78 is 5.73. The molecule has 0 bridgehead atoms. The Kier molecular flexibility index (Phi) is 3.58. The van der Waals surface area contributed by atoms with Gasteiger partial charge in [0.1, 0.15) is 17.3 Å². The van der Waals surface area contributed by atoms with Gasteiger partial charge in [-0.1, -0.05) is 18.2 Å². The molecule has 1 unspecified atom stereocenters. The van der Waals surface area contributed by atoms with Crippen molar-refractivity contribution in [3.05, 3.63) is 57.5 Å². The molecule has 0 aliphatic rings. The number of aliphatic carboxylic acids is 1. The fourth-order valence-corrected chi connectivity index (χ4v) is 3.04. The van der Waals surface area contributed by atoms with Crippen LogP contribution in [0.3, 0.4) is 0 Å². The molecule has 5 heteroatoms. The molecule has 22 heavy (non-hydrogen) atoms. The predicted molar refractivity (Wildman–Crippen MR) is 84.8 cm³/mol. The average molecular weight is 314 g/mol. The molecular formula is C17H14O4S. The smallest absolute Gasteiger partial charge is 0.313 e. The molecule has 0 fully saturated rings. The van der Waals surface area contributed by atoms with Gasteiger partial charge >= 0.3 is 5.97 Å². The van der Waals surface area contributed by atoms with Gasteiger partial charge in [-0.3, -0.25) is 9.59 Å². The van der Waals surface area contributed by atoms with Crippen molar-refractivity contribution in [1.29, 1.82) is 0 Å². The minimum absolute atomic E-state index is 0.0954. The van der Waals surface area contributed by atoms with Gasteiger partial charge in [0.15, 0.2) is 0 Å². The molecule has 0 spiro atoms. The molecule has 1 N–H and O–H groups in total. The number of carboxylic acid groups (broad SMARTS) is 1. The van der Waals surface area contributed by atoms with Crippen molar-refractivity contribution in [2.45, 2.75) is 19.8 Å². The second-order valence-corrected chi connectivity index (χ2v) is 6.14. The number of aryl methyl sites for hydroxylation is 1. The molecule has 0 saturated carbocycles. The maximum absolute atomic E-state index is 12.7. The molecule has 2 aromatic heterocycles. The second kappa shape index (κ2) is 5.42. The van der Waals surface area contributed by atoms with Gasteiger partial charge in [0.05, 0.1) is 10.4 Å². The van der Waals surface area contributed by atoms with Crippen LogP contribution in [0.5, 0.6) is 0 Å². The maximum Gasteiger partial charge on any atom is 0.313 e. The molecule has 4 nitrogen and oxygen atoms in total. The van der Waals surface area contributed by atoms with Gasteiger partial charge in [0.25, 0.3) is 0 Å².